The van der Waals surface area contributed by atoms with E-state index in [1.54, 1.807) is 0 Å². The molecule has 1 aliphatic rings. The first-order valence-corrected chi connectivity index (χ1v) is 8.87. The molecule has 0 saturated carbocycles. The Bertz CT molecular complexity index is 654. The van der Waals surface area contributed by atoms with E-state index in [0.717, 1.165) is 6.42 Å². The maximum absolute atomic E-state index is 11.5. The van der Waals surface area contributed by atoms with Crippen molar-refractivity contribution in [2.45, 2.75) is 43.9 Å². The average molecular weight is 321 g/mol. The predicted molar refractivity (Wildman–Crippen MR) is 99.7 cm³/mol. The van der Waals surface area contributed by atoms with E-state index < -0.39 is 5.60 Å². The summed E-state index contributed by atoms with van der Waals surface area (Å²) in [4.78, 5) is 0. The Morgan fingerprint density at radius 2 is 1.67 bits per heavy atom. The molecule has 0 radical (unpaired) electrons. The first-order valence-electron chi connectivity index (χ1n) is 8.87. The van der Waals surface area contributed by atoms with Crippen LogP contribution >= 0.6 is 0 Å². The first-order chi connectivity index (χ1) is 11.7. The topological polar surface area (TPSA) is 32.3 Å². The van der Waals surface area contributed by atoms with Gasteiger partial charge in [-0.25, -0.2) is 0 Å². The third-order valence-corrected chi connectivity index (χ3v) is 5.33. The molecule has 3 rings (SSSR count). The van der Waals surface area contributed by atoms with Crippen LogP contribution < -0.4 is 5.32 Å². The minimum absolute atomic E-state index is 0.139. The summed E-state index contributed by atoms with van der Waals surface area (Å²) in [7, 11) is 0. The molecule has 126 valence electrons. The lowest BCUT2D eigenvalue weighted by Crippen LogP contribution is -2.52. The molecule has 1 aliphatic heterocycles. The number of piperidine rings is 1. The zero-order valence-electron chi connectivity index (χ0n) is 14.4. The van der Waals surface area contributed by atoms with E-state index in [1.807, 2.05) is 18.2 Å². The fraction of sp³-hybridized carbons (Fsp3) is 0.364. The van der Waals surface area contributed by atoms with Gasteiger partial charge in [0, 0.05) is 18.0 Å². The smallest absolute Gasteiger partial charge is 0.0746 e. The SMILES string of the molecule is C=CC[C@]1(O)C[C@H](c2ccccc2)N[C@H](c2ccccc2)[C@H]1CC. The van der Waals surface area contributed by atoms with Crippen molar-refractivity contribution in [1.82, 2.24) is 5.32 Å². The molecule has 2 heteroatoms. The molecule has 1 heterocycles. The Morgan fingerprint density at radius 3 is 2.21 bits per heavy atom. The summed E-state index contributed by atoms with van der Waals surface area (Å²) in [5.41, 5.74) is 1.74. The van der Waals surface area contributed by atoms with Gasteiger partial charge in [-0.3, -0.25) is 0 Å². The van der Waals surface area contributed by atoms with Crippen LogP contribution in [0.3, 0.4) is 0 Å². The third-order valence-electron chi connectivity index (χ3n) is 5.33. The van der Waals surface area contributed by atoms with E-state index in [2.05, 4.69) is 67.4 Å². The lowest BCUT2D eigenvalue weighted by molar-refractivity contribution is -0.0741. The second kappa shape index (κ2) is 7.33. The monoisotopic (exact) mass is 321 g/mol. The Balaban J connectivity index is 2.00. The zero-order chi connectivity index (χ0) is 17.0. The minimum Gasteiger partial charge on any atom is -0.389 e. The van der Waals surface area contributed by atoms with Crippen LogP contribution in [-0.4, -0.2) is 10.7 Å². The van der Waals surface area contributed by atoms with E-state index >= 15 is 0 Å². The zero-order valence-corrected chi connectivity index (χ0v) is 14.4. The summed E-state index contributed by atoms with van der Waals surface area (Å²) in [6, 6.07) is 21.2. The average Bonchev–Trinajstić information content (AvgIpc) is 2.62. The Hall–Kier alpha value is -1.90. The van der Waals surface area contributed by atoms with Crippen LogP contribution in [0.5, 0.6) is 0 Å². The molecule has 0 amide bonds. The summed E-state index contributed by atoms with van der Waals surface area (Å²) in [5, 5.41) is 15.3. The summed E-state index contributed by atoms with van der Waals surface area (Å²) in [6.45, 7) is 6.05. The van der Waals surface area contributed by atoms with Gasteiger partial charge in [-0.05, 0) is 30.4 Å². The molecule has 0 bridgehead atoms. The maximum atomic E-state index is 11.5. The van der Waals surface area contributed by atoms with Crippen molar-refractivity contribution < 1.29 is 5.11 Å². The molecule has 2 nitrogen and oxygen atoms in total. The molecule has 1 saturated heterocycles. The van der Waals surface area contributed by atoms with Crippen molar-refractivity contribution in [2.24, 2.45) is 5.92 Å². The lowest BCUT2D eigenvalue weighted by atomic mass is 9.68. The Kier molecular flexibility index (Phi) is 5.17. The van der Waals surface area contributed by atoms with Crippen molar-refractivity contribution in [3.8, 4) is 0 Å². The van der Waals surface area contributed by atoms with Gasteiger partial charge in [0.2, 0.25) is 0 Å². The number of benzene rings is 2. The second-order valence-corrected chi connectivity index (χ2v) is 6.83. The van der Waals surface area contributed by atoms with Crippen molar-refractivity contribution in [3.63, 3.8) is 0 Å². The van der Waals surface area contributed by atoms with Gasteiger partial charge in [-0.15, -0.1) is 6.58 Å². The van der Waals surface area contributed by atoms with Crippen LogP contribution in [0.2, 0.25) is 0 Å². The van der Waals surface area contributed by atoms with Crippen molar-refractivity contribution in [1.29, 1.82) is 0 Å². The highest BCUT2D eigenvalue weighted by atomic mass is 16.3. The van der Waals surface area contributed by atoms with Crippen LogP contribution in [0.4, 0.5) is 0 Å². The van der Waals surface area contributed by atoms with Gasteiger partial charge in [0.05, 0.1) is 5.60 Å². The van der Waals surface area contributed by atoms with E-state index in [9.17, 15) is 5.11 Å². The Labute approximate surface area is 145 Å². The van der Waals surface area contributed by atoms with Gasteiger partial charge in [-0.1, -0.05) is 73.7 Å². The highest BCUT2D eigenvalue weighted by Crippen LogP contribution is 2.46. The number of aliphatic hydroxyl groups is 1. The van der Waals surface area contributed by atoms with Crippen LogP contribution in [0.1, 0.15) is 49.4 Å². The van der Waals surface area contributed by atoms with E-state index in [-0.39, 0.29) is 18.0 Å². The maximum Gasteiger partial charge on any atom is 0.0746 e. The van der Waals surface area contributed by atoms with Crippen molar-refractivity contribution in [3.05, 3.63) is 84.4 Å². The molecule has 2 N–H and O–H groups in total. The Morgan fingerprint density at radius 1 is 1.08 bits per heavy atom. The normalized spacial score (nSPS) is 30.0. The predicted octanol–water partition coefficient (Wildman–Crippen LogP) is 4.80. The van der Waals surface area contributed by atoms with Crippen molar-refractivity contribution >= 4 is 0 Å². The summed E-state index contributed by atoms with van der Waals surface area (Å²) >= 11 is 0. The van der Waals surface area contributed by atoms with Gasteiger partial charge in [-0.2, -0.15) is 0 Å². The molecule has 0 unspecified atom stereocenters. The summed E-state index contributed by atoms with van der Waals surface area (Å²) in [5.74, 6) is 0.165. The van der Waals surface area contributed by atoms with E-state index in [0.29, 0.717) is 12.8 Å². The molecule has 24 heavy (non-hydrogen) atoms. The fourth-order valence-electron chi connectivity index (χ4n) is 4.20. The van der Waals surface area contributed by atoms with Crippen LogP contribution in [0.15, 0.2) is 73.3 Å². The molecule has 0 aliphatic carbocycles. The largest absolute Gasteiger partial charge is 0.389 e. The van der Waals surface area contributed by atoms with Gasteiger partial charge in [0.1, 0.15) is 0 Å². The molecule has 2 aromatic rings. The molecular weight excluding hydrogens is 294 g/mol. The van der Waals surface area contributed by atoms with Gasteiger partial charge in [0.25, 0.3) is 0 Å². The summed E-state index contributed by atoms with van der Waals surface area (Å²) < 4.78 is 0. The quantitative estimate of drug-likeness (QED) is 0.776. The molecule has 2 aromatic carbocycles. The van der Waals surface area contributed by atoms with Gasteiger partial charge >= 0.3 is 0 Å². The van der Waals surface area contributed by atoms with Crippen LogP contribution in [0, 0.1) is 5.92 Å². The van der Waals surface area contributed by atoms with Crippen LogP contribution in [-0.2, 0) is 0 Å². The summed E-state index contributed by atoms with van der Waals surface area (Å²) in [6.07, 6.45) is 4.13. The minimum atomic E-state index is -0.733. The lowest BCUT2D eigenvalue weighted by Gasteiger charge is -2.48. The van der Waals surface area contributed by atoms with E-state index in [1.165, 1.54) is 11.1 Å². The highest BCUT2D eigenvalue weighted by molar-refractivity contribution is 5.27. The number of nitrogens with one attached hydrogen (secondary N) is 1. The van der Waals surface area contributed by atoms with Crippen molar-refractivity contribution in [2.75, 3.05) is 0 Å². The van der Waals surface area contributed by atoms with E-state index in [4.69, 9.17) is 0 Å². The van der Waals surface area contributed by atoms with Gasteiger partial charge in [0.15, 0.2) is 0 Å². The highest BCUT2D eigenvalue weighted by Gasteiger charge is 2.46. The second-order valence-electron chi connectivity index (χ2n) is 6.83. The molecule has 0 spiro atoms. The standard InChI is InChI=1S/C22H27NO/c1-3-15-22(24)16-20(17-11-7-5-8-12-17)23-21(19(22)4-2)18-13-9-6-10-14-18/h3,5-14,19-21,23-24H,1,4,15-16H2,2H3/t19-,20-,21-,22+/m1/s1. The first kappa shape index (κ1) is 16.9. The molecule has 4 atom stereocenters. The molecular formula is C22H27NO. The molecule has 1 fully saturated rings. The number of hydrogen-bond acceptors (Lipinski definition) is 2. The fourth-order valence-corrected chi connectivity index (χ4v) is 4.20. The number of hydrogen-bond donors (Lipinski definition) is 2. The van der Waals surface area contributed by atoms with Crippen LogP contribution in [0.25, 0.3) is 0 Å². The number of rotatable bonds is 5. The van der Waals surface area contributed by atoms with Gasteiger partial charge < -0.3 is 10.4 Å². The third kappa shape index (κ3) is 3.31. The molecule has 0 aromatic heterocycles.